The van der Waals surface area contributed by atoms with Crippen LogP contribution in [-0.4, -0.2) is 0 Å². The van der Waals surface area contributed by atoms with Crippen LogP contribution in [0, 0.1) is 21.0 Å². The van der Waals surface area contributed by atoms with Crippen molar-refractivity contribution < 1.29 is 21.2 Å². The highest BCUT2D eigenvalue weighted by atomic mass is 127. The second kappa shape index (κ2) is 4.79. The molecule has 0 aromatic heterocycles. The minimum absolute atomic E-state index is 0.000856. The molecule has 0 spiro atoms. The first-order valence-corrected chi connectivity index (χ1v) is 7.18. The molecule has 0 N–H and O–H groups in total. The maximum Gasteiger partial charge on any atom is 0.357 e. The lowest BCUT2D eigenvalue weighted by Gasteiger charge is -1.91. The summed E-state index contributed by atoms with van der Waals surface area (Å²) in [5, 5.41) is 0. The van der Waals surface area contributed by atoms with Crippen LogP contribution in [0.2, 0.25) is 0 Å². The van der Waals surface area contributed by atoms with Crippen LogP contribution in [0.5, 0.6) is 0 Å². The third-order valence-electron chi connectivity index (χ3n) is 2.21. The average molecular weight is 309 g/mol. The van der Waals surface area contributed by atoms with Crippen LogP contribution in [0.15, 0.2) is 48.5 Å². The molecule has 0 aliphatic carbocycles. The molecule has 0 saturated carbocycles. The van der Waals surface area contributed by atoms with E-state index in [1.54, 1.807) is 0 Å². The Bertz CT molecular complexity index is 443. The standard InChI is InChI=1S/C14H14I/c1-11-6-8-13(9-7-11)15-14-5-3-4-12(2)10-14/h3-10H,1-2H3/q+1. The quantitative estimate of drug-likeness (QED) is 0.706. The summed E-state index contributed by atoms with van der Waals surface area (Å²) in [5.41, 5.74) is 2.70. The van der Waals surface area contributed by atoms with Crippen LogP contribution in [-0.2, 0) is 0 Å². The lowest BCUT2D eigenvalue weighted by Crippen LogP contribution is -3.61. The number of hydrogen-bond donors (Lipinski definition) is 0. The summed E-state index contributed by atoms with van der Waals surface area (Å²) in [7, 11) is 0. The average Bonchev–Trinajstić information content (AvgIpc) is 2.22. The minimum atomic E-state index is -0.000856. The molecule has 76 valence electrons. The Morgan fingerprint density at radius 3 is 2.13 bits per heavy atom. The molecule has 0 aliphatic rings. The van der Waals surface area contributed by atoms with Gasteiger partial charge in [-0.3, -0.25) is 0 Å². The number of hydrogen-bond acceptors (Lipinski definition) is 0. The fourth-order valence-corrected chi connectivity index (χ4v) is 3.86. The second-order valence-electron chi connectivity index (χ2n) is 3.69. The van der Waals surface area contributed by atoms with E-state index in [1.165, 1.54) is 18.3 Å². The van der Waals surface area contributed by atoms with Crippen molar-refractivity contribution in [3.63, 3.8) is 0 Å². The van der Waals surface area contributed by atoms with E-state index in [0.717, 1.165) is 0 Å². The molecule has 2 aromatic rings. The molecular weight excluding hydrogens is 295 g/mol. The molecule has 0 nitrogen and oxygen atoms in total. The first-order valence-electron chi connectivity index (χ1n) is 5.02. The highest BCUT2D eigenvalue weighted by Crippen LogP contribution is 1.95. The Labute approximate surface area is 102 Å². The zero-order chi connectivity index (χ0) is 10.7. The Kier molecular flexibility index (Phi) is 3.41. The van der Waals surface area contributed by atoms with Gasteiger partial charge in [0, 0.05) is 0 Å². The van der Waals surface area contributed by atoms with Crippen molar-refractivity contribution in [3.8, 4) is 0 Å². The predicted molar refractivity (Wildman–Crippen MR) is 59.8 cm³/mol. The van der Waals surface area contributed by atoms with E-state index >= 15 is 0 Å². The van der Waals surface area contributed by atoms with Gasteiger partial charge in [0.1, 0.15) is 0 Å². The van der Waals surface area contributed by atoms with Crippen LogP contribution in [0.3, 0.4) is 0 Å². The van der Waals surface area contributed by atoms with E-state index in [2.05, 4.69) is 62.4 Å². The monoisotopic (exact) mass is 309 g/mol. The molecule has 2 aromatic carbocycles. The van der Waals surface area contributed by atoms with Crippen molar-refractivity contribution in [2.24, 2.45) is 0 Å². The van der Waals surface area contributed by atoms with Crippen LogP contribution < -0.4 is 21.2 Å². The zero-order valence-electron chi connectivity index (χ0n) is 9.00. The highest BCUT2D eigenvalue weighted by molar-refractivity contribution is 5.14. The highest BCUT2D eigenvalue weighted by Gasteiger charge is 2.14. The van der Waals surface area contributed by atoms with Crippen molar-refractivity contribution >= 4 is 0 Å². The number of halogens is 1. The maximum absolute atomic E-state index is 2.30. The third-order valence-corrected chi connectivity index (χ3v) is 4.85. The summed E-state index contributed by atoms with van der Waals surface area (Å²) >= 11 is -0.000856. The lowest BCUT2D eigenvalue weighted by atomic mass is 10.2. The summed E-state index contributed by atoms with van der Waals surface area (Å²) in [6.07, 6.45) is 0. The molecule has 0 atom stereocenters. The van der Waals surface area contributed by atoms with Gasteiger partial charge in [0.2, 0.25) is 0 Å². The smallest absolute Gasteiger partial charge is 0.0590 e. The van der Waals surface area contributed by atoms with Gasteiger partial charge < -0.3 is 0 Å². The van der Waals surface area contributed by atoms with Crippen LogP contribution >= 0.6 is 0 Å². The molecule has 2 rings (SSSR count). The van der Waals surface area contributed by atoms with E-state index in [1.807, 2.05) is 0 Å². The number of rotatable bonds is 2. The van der Waals surface area contributed by atoms with Crippen molar-refractivity contribution in [2.45, 2.75) is 13.8 Å². The summed E-state index contributed by atoms with van der Waals surface area (Å²) < 4.78 is 2.99. The van der Waals surface area contributed by atoms with Crippen molar-refractivity contribution in [2.75, 3.05) is 0 Å². The Morgan fingerprint density at radius 2 is 1.47 bits per heavy atom. The fourth-order valence-electron chi connectivity index (χ4n) is 1.39. The van der Waals surface area contributed by atoms with Gasteiger partial charge in [-0.05, 0) is 43.7 Å². The molecule has 0 amide bonds. The van der Waals surface area contributed by atoms with Gasteiger partial charge in [0.15, 0.2) is 7.14 Å². The molecule has 0 unspecified atom stereocenters. The van der Waals surface area contributed by atoms with Crippen molar-refractivity contribution in [1.82, 2.24) is 0 Å². The van der Waals surface area contributed by atoms with Gasteiger partial charge in [-0.2, -0.15) is 0 Å². The Balaban J connectivity index is 2.18. The summed E-state index contributed by atoms with van der Waals surface area (Å²) in [5.74, 6) is 0. The summed E-state index contributed by atoms with van der Waals surface area (Å²) in [4.78, 5) is 0. The molecule has 0 bridgehead atoms. The molecule has 15 heavy (non-hydrogen) atoms. The van der Waals surface area contributed by atoms with Crippen molar-refractivity contribution in [1.29, 1.82) is 0 Å². The van der Waals surface area contributed by atoms with Crippen LogP contribution in [0.1, 0.15) is 11.1 Å². The maximum atomic E-state index is 2.30. The summed E-state index contributed by atoms with van der Waals surface area (Å²) in [6.45, 7) is 4.29. The lowest BCUT2D eigenvalue weighted by molar-refractivity contribution is -0.597. The van der Waals surface area contributed by atoms with Gasteiger partial charge >= 0.3 is 21.2 Å². The first kappa shape index (κ1) is 10.7. The van der Waals surface area contributed by atoms with Crippen LogP contribution in [0.4, 0.5) is 0 Å². The van der Waals surface area contributed by atoms with E-state index in [-0.39, 0.29) is 21.2 Å². The van der Waals surface area contributed by atoms with E-state index in [4.69, 9.17) is 0 Å². The molecule has 0 saturated heterocycles. The first-order chi connectivity index (χ1) is 7.24. The van der Waals surface area contributed by atoms with E-state index in [0.29, 0.717) is 0 Å². The molecular formula is C14H14I+. The van der Waals surface area contributed by atoms with Gasteiger partial charge in [-0.25, -0.2) is 0 Å². The van der Waals surface area contributed by atoms with Crippen molar-refractivity contribution in [3.05, 3.63) is 66.8 Å². The SMILES string of the molecule is Cc1ccc([I+]c2cccc(C)c2)cc1. The van der Waals surface area contributed by atoms with Gasteiger partial charge in [-0.15, -0.1) is 0 Å². The predicted octanol–water partition coefficient (Wildman–Crippen LogP) is 0.432. The normalized spacial score (nSPS) is 10.3. The molecule has 1 heteroatoms. The molecule has 0 aliphatic heterocycles. The number of aryl methyl sites for hydroxylation is 2. The second-order valence-corrected chi connectivity index (χ2v) is 6.72. The number of benzene rings is 2. The Hall–Kier alpha value is -0.830. The summed E-state index contributed by atoms with van der Waals surface area (Å²) in [6, 6.07) is 17.7. The largest absolute Gasteiger partial charge is 0.357 e. The minimum Gasteiger partial charge on any atom is -0.0590 e. The van der Waals surface area contributed by atoms with Crippen LogP contribution in [0.25, 0.3) is 0 Å². The van der Waals surface area contributed by atoms with E-state index in [9.17, 15) is 0 Å². The third kappa shape index (κ3) is 3.06. The molecule has 0 heterocycles. The van der Waals surface area contributed by atoms with Gasteiger partial charge in [-0.1, -0.05) is 29.8 Å². The fraction of sp³-hybridized carbons (Fsp3) is 0.143. The van der Waals surface area contributed by atoms with Gasteiger partial charge in [0.05, 0.1) is 0 Å². The van der Waals surface area contributed by atoms with E-state index < -0.39 is 0 Å². The molecule has 0 fully saturated rings. The zero-order valence-corrected chi connectivity index (χ0v) is 11.2. The Morgan fingerprint density at radius 1 is 0.733 bits per heavy atom. The topological polar surface area (TPSA) is 0 Å². The molecule has 0 radical (unpaired) electrons. The van der Waals surface area contributed by atoms with Gasteiger partial charge in [0.25, 0.3) is 0 Å².